The lowest BCUT2D eigenvalue weighted by molar-refractivity contribution is -0.139. The SMILES string of the molecule is O=C(NCc1ccco1)C(=O)NCC(O)c1ccc2c(c1)OCCO2. The molecule has 1 unspecified atom stereocenters. The molecule has 1 aliphatic rings. The van der Waals surface area contributed by atoms with Gasteiger partial charge in [0.2, 0.25) is 0 Å². The van der Waals surface area contributed by atoms with Crippen molar-refractivity contribution in [2.24, 2.45) is 0 Å². The molecular formula is C17H18N2O6. The number of carbonyl (C=O) groups is 2. The number of amides is 2. The van der Waals surface area contributed by atoms with Gasteiger partial charge >= 0.3 is 11.8 Å². The van der Waals surface area contributed by atoms with Crippen LogP contribution < -0.4 is 20.1 Å². The van der Waals surface area contributed by atoms with Gasteiger partial charge in [-0.15, -0.1) is 0 Å². The van der Waals surface area contributed by atoms with E-state index >= 15 is 0 Å². The lowest BCUT2D eigenvalue weighted by Gasteiger charge is -2.20. The van der Waals surface area contributed by atoms with Gasteiger partial charge in [-0.25, -0.2) is 0 Å². The van der Waals surface area contributed by atoms with Gasteiger partial charge in [0.25, 0.3) is 0 Å². The predicted octanol–water partition coefficient (Wildman–Crippen LogP) is 0.517. The molecule has 0 saturated carbocycles. The highest BCUT2D eigenvalue weighted by atomic mass is 16.6. The number of fused-ring (bicyclic) bond motifs is 1. The number of hydrogen-bond acceptors (Lipinski definition) is 6. The van der Waals surface area contributed by atoms with Crippen LogP contribution in [-0.2, 0) is 16.1 Å². The van der Waals surface area contributed by atoms with Crippen molar-refractivity contribution in [2.45, 2.75) is 12.6 Å². The average molecular weight is 346 g/mol. The minimum absolute atomic E-state index is 0.105. The molecule has 0 bridgehead atoms. The predicted molar refractivity (Wildman–Crippen MR) is 86.0 cm³/mol. The van der Waals surface area contributed by atoms with Gasteiger partial charge in [-0.2, -0.15) is 0 Å². The molecule has 0 spiro atoms. The smallest absolute Gasteiger partial charge is 0.309 e. The summed E-state index contributed by atoms with van der Waals surface area (Å²) in [6.45, 7) is 0.938. The number of aliphatic hydroxyl groups excluding tert-OH is 1. The number of benzene rings is 1. The zero-order valence-electron chi connectivity index (χ0n) is 13.4. The number of furan rings is 1. The van der Waals surface area contributed by atoms with E-state index in [-0.39, 0.29) is 13.1 Å². The van der Waals surface area contributed by atoms with Crippen molar-refractivity contribution in [1.82, 2.24) is 10.6 Å². The van der Waals surface area contributed by atoms with Gasteiger partial charge in [-0.05, 0) is 29.8 Å². The molecule has 0 radical (unpaired) electrons. The van der Waals surface area contributed by atoms with Crippen LogP contribution in [0.5, 0.6) is 11.5 Å². The number of ether oxygens (including phenoxy) is 2. The van der Waals surface area contributed by atoms with E-state index in [4.69, 9.17) is 13.9 Å². The van der Waals surface area contributed by atoms with Gasteiger partial charge in [0.05, 0.1) is 18.9 Å². The second-order valence-corrected chi connectivity index (χ2v) is 5.39. The van der Waals surface area contributed by atoms with Crippen molar-refractivity contribution >= 4 is 11.8 Å². The van der Waals surface area contributed by atoms with Gasteiger partial charge in [-0.1, -0.05) is 6.07 Å². The third-order valence-electron chi connectivity index (χ3n) is 3.62. The van der Waals surface area contributed by atoms with Crippen molar-refractivity contribution in [3.05, 3.63) is 47.9 Å². The average Bonchev–Trinajstić information content (AvgIpc) is 3.17. The zero-order chi connectivity index (χ0) is 17.6. The molecule has 132 valence electrons. The van der Waals surface area contributed by atoms with Crippen LogP contribution in [0.4, 0.5) is 0 Å². The summed E-state index contributed by atoms with van der Waals surface area (Å²) in [5.41, 5.74) is 0.556. The van der Waals surface area contributed by atoms with E-state index in [9.17, 15) is 14.7 Å². The van der Waals surface area contributed by atoms with Crippen LogP contribution in [0.25, 0.3) is 0 Å². The summed E-state index contributed by atoms with van der Waals surface area (Å²) < 4.78 is 15.9. The highest BCUT2D eigenvalue weighted by Gasteiger charge is 2.18. The van der Waals surface area contributed by atoms with Crippen LogP contribution >= 0.6 is 0 Å². The largest absolute Gasteiger partial charge is 0.486 e. The maximum Gasteiger partial charge on any atom is 0.309 e. The Morgan fingerprint density at radius 3 is 2.60 bits per heavy atom. The molecule has 3 rings (SSSR count). The Labute approximate surface area is 143 Å². The summed E-state index contributed by atoms with van der Waals surface area (Å²) in [6.07, 6.45) is 0.503. The Balaban J connectivity index is 1.48. The Morgan fingerprint density at radius 1 is 1.08 bits per heavy atom. The zero-order valence-corrected chi connectivity index (χ0v) is 13.4. The van der Waals surface area contributed by atoms with Crippen LogP contribution in [0.1, 0.15) is 17.4 Å². The first-order valence-corrected chi connectivity index (χ1v) is 7.79. The Hall–Kier alpha value is -3.00. The Kier molecular flexibility index (Phi) is 5.20. The summed E-state index contributed by atoms with van der Waals surface area (Å²) in [7, 11) is 0. The van der Waals surface area contributed by atoms with E-state index in [1.807, 2.05) is 0 Å². The van der Waals surface area contributed by atoms with E-state index in [0.29, 0.717) is 36.0 Å². The number of rotatable bonds is 5. The van der Waals surface area contributed by atoms with Gasteiger partial charge in [0, 0.05) is 6.54 Å². The van der Waals surface area contributed by atoms with Crippen molar-refractivity contribution in [3.63, 3.8) is 0 Å². The highest BCUT2D eigenvalue weighted by molar-refractivity contribution is 6.35. The number of carbonyl (C=O) groups excluding carboxylic acids is 2. The molecule has 2 amide bonds. The first kappa shape index (κ1) is 16.8. The van der Waals surface area contributed by atoms with Crippen LogP contribution in [0.3, 0.4) is 0 Å². The molecule has 0 aliphatic carbocycles. The van der Waals surface area contributed by atoms with E-state index in [1.165, 1.54) is 6.26 Å². The van der Waals surface area contributed by atoms with Crippen molar-refractivity contribution in [3.8, 4) is 11.5 Å². The summed E-state index contributed by atoms with van der Waals surface area (Å²) in [4.78, 5) is 23.5. The highest BCUT2D eigenvalue weighted by Crippen LogP contribution is 2.32. The third kappa shape index (κ3) is 4.30. The van der Waals surface area contributed by atoms with Crippen LogP contribution in [0.2, 0.25) is 0 Å². The van der Waals surface area contributed by atoms with E-state index in [2.05, 4.69) is 10.6 Å². The summed E-state index contributed by atoms with van der Waals surface area (Å²) >= 11 is 0. The summed E-state index contributed by atoms with van der Waals surface area (Å²) in [6, 6.07) is 8.41. The first-order valence-electron chi connectivity index (χ1n) is 7.79. The molecule has 1 aromatic heterocycles. The number of aliphatic hydroxyl groups is 1. The number of hydrogen-bond donors (Lipinski definition) is 3. The molecule has 0 fully saturated rings. The van der Waals surface area contributed by atoms with E-state index in [0.717, 1.165) is 0 Å². The van der Waals surface area contributed by atoms with Gasteiger partial charge in [0.15, 0.2) is 11.5 Å². The molecule has 8 heteroatoms. The van der Waals surface area contributed by atoms with Gasteiger partial charge in [-0.3, -0.25) is 9.59 Å². The maximum atomic E-state index is 11.8. The maximum absolute atomic E-state index is 11.8. The van der Waals surface area contributed by atoms with E-state index < -0.39 is 17.9 Å². The summed E-state index contributed by atoms with van der Waals surface area (Å²) in [5.74, 6) is 0.0697. The van der Waals surface area contributed by atoms with Crippen molar-refractivity contribution < 1.29 is 28.6 Å². The third-order valence-corrected chi connectivity index (χ3v) is 3.62. The normalized spacial score (nSPS) is 13.8. The van der Waals surface area contributed by atoms with Crippen LogP contribution in [-0.4, -0.2) is 36.7 Å². The van der Waals surface area contributed by atoms with Crippen LogP contribution in [0.15, 0.2) is 41.0 Å². The minimum Gasteiger partial charge on any atom is -0.486 e. The molecule has 2 heterocycles. The molecule has 3 N–H and O–H groups in total. The fourth-order valence-corrected chi connectivity index (χ4v) is 2.32. The topological polar surface area (TPSA) is 110 Å². The van der Waals surface area contributed by atoms with Crippen LogP contribution in [0, 0.1) is 0 Å². The minimum atomic E-state index is -0.974. The quantitative estimate of drug-likeness (QED) is 0.681. The first-order chi connectivity index (χ1) is 12.1. The molecule has 8 nitrogen and oxygen atoms in total. The van der Waals surface area contributed by atoms with E-state index in [1.54, 1.807) is 30.3 Å². The summed E-state index contributed by atoms with van der Waals surface area (Å²) in [5, 5.41) is 15.0. The monoisotopic (exact) mass is 346 g/mol. The second-order valence-electron chi connectivity index (χ2n) is 5.39. The van der Waals surface area contributed by atoms with Crippen molar-refractivity contribution in [1.29, 1.82) is 0 Å². The number of nitrogens with one attached hydrogen (secondary N) is 2. The van der Waals surface area contributed by atoms with Gasteiger partial charge < -0.3 is 29.6 Å². The fourth-order valence-electron chi connectivity index (χ4n) is 2.32. The lowest BCUT2D eigenvalue weighted by Crippen LogP contribution is -2.41. The molecular weight excluding hydrogens is 328 g/mol. The molecule has 25 heavy (non-hydrogen) atoms. The fraction of sp³-hybridized carbons (Fsp3) is 0.294. The Bertz CT molecular complexity index is 744. The standard InChI is InChI=1S/C17H18N2O6/c20-13(11-3-4-14-15(8-11)25-7-6-24-14)10-19-17(22)16(21)18-9-12-2-1-5-23-12/h1-5,8,13,20H,6-7,9-10H2,(H,18,21)(H,19,22). The molecule has 1 aromatic carbocycles. The lowest BCUT2D eigenvalue weighted by atomic mass is 10.1. The molecule has 1 atom stereocenters. The van der Waals surface area contributed by atoms with Gasteiger partial charge in [0.1, 0.15) is 19.0 Å². The molecule has 1 aliphatic heterocycles. The Morgan fingerprint density at radius 2 is 1.84 bits per heavy atom. The van der Waals surface area contributed by atoms with Crippen molar-refractivity contribution in [2.75, 3.05) is 19.8 Å². The molecule has 0 saturated heterocycles. The second kappa shape index (κ2) is 7.71. The molecule has 2 aromatic rings.